The highest BCUT2D eigenvalue weighted by molar-refractivity contribution is 6.33. The molecule has 0 amide bonds. The Labute approximate surface area is 107 Å². The fourth-order valence-electron chi connectivity index (χ4n) is 1.23. The maximum absolute atomic E-state index is 8.74. The van der Waals surface area contributed by atoms with Crippen molar-refractivity contribution in [2.24, 2.45) is 4.99 Å². The van der Waals surface area contributed by atoms with E-state index in [9.17, 15) is 0 Å². The molecule has 86 valence electrons. The summed E-state index contributed by atoms with van der Waals surface area (Å²) < 4.78 is 0. The molecule has 0 unspecified atom stereocenters. The van der Waals surface area contributed by atoms with Crippen molar-refractivity contribution in [1.29, 1.82) is 5.26 Å². The molecule has 17 heavy (non-hydrogen) atoms. The molecule has 2 nitrogen and oxygen atoms in total. The van der Waals surface area contributed by atoms with Gasteiger partial charge in [0.05, 0.1) is 28.1 Å². The second kappa shape index (κ2) is 6.03. The van der Waals surface area contributed by atoms with E-state index in [0.29, 0.717) is 16.3 Å². The quantitative estimate of drug-likeness (QED) is 0.725. The second-order valence-corrected chi connectivity index (χ2v) is 3.96. The molecule has 0 heterocycles. The minimum absolute atomic E-state index is 0.465. The van der Waals surface area contributed by atoms with Crippen LogP contribution < -0.4 is 0 Å². The summed E-state index contributed by atoms with van der Waals surface area (Å²) in [6.45, 7) is 7.66. The smallest absolute Gasteiger partial charge is 0.0992 e. The number of nitrogens with zero attached hydrogens (tertiary/aromatic N) is 2. The van der Waals surface area contributed by atoms with E-state index in [-0.39, 0.29) is 0 Å². The molecule has 0 bridgehead atoms. The second-order valence-electron chi connectivity index (χ2n) is 3.56. The number of allylic oxidation sites excluding steroid dienone is 3. The molecule has 0 aliphatic rings. The van der Waals surface area contributed by atoms with Gasteiger partial charge >= 0.3 is 0 Å². The molecule has 0 aliphatic heterocycles. The first-order chi connectivity index (χ1) is 8.08. The molecule has 0 saturated heterocycles. The molecule has 0 aliphatic carbocycles. The molecule has 0 saturated carbocycles. The van der Waals surface area contributed by atoms with Crippen molar-refractivity contribution < 1.29 is 0 Å². The number of halogens is 1. The van der Waals surface area contributed by atoms with Crippen LogP contribution in [0.1, 0.15) is 19.4 Å². The predicted molar refractivity (Wildman–Crippen MR) is 72.9 cm³/mol. The van der Waals surface area contributed by atoms with Crippen LogP contribution in [-0.4, -0.2) is 5.71 Å². The first kappa shape index (κ1) is 13.2. The van der Waals surface area contributed by atoms with Gasteiger partial charge in [-0.3, -0.25) is 0 Å². The monoisotopic (exact) mass is 244 g/mol. The summed E-state index contributed by atoms with van der Waals surface area (Å²) in [5.74, 6) is 0. The van der Waals surface area contributed by atoms with Crippen molar-refractivity contribution >= 4 is 23.0 Å². The third kappa shape index (κ3) is 3.58. The minimum Gasteiger partial charge on any atom is -0.247 e. The molecular formula is C14H13ClN2. The van der Waals surface area contributed by atoms with Crippen LogP contribution in [0.2, 0.25) is 5.02 Å². The molecular weight excluding hydrogens is 232 g/mol. The van der Waals surface area contributed by atoms with Crippen LogP contribution >= 0.6 is 11.6 Å². The van der Waals surface area contributed by atoms with Gasteiger partial charge in [-0.05, 0) is 43.7 Å². The molecule has 1 rings (SSSR count). The Morgan fingerprint density at radius 1 is 1.53 bits per heavy atom. The van der Waals surface area contributed by atoms with Crippen molar-refractivity contribution in [2.45, 2.75) is 13.8 Å². The fourth-order valence-corrected chi connectivity index (χ4v) is 1.45. The van der Waals surface area contributed by atoms with E-state index < -0.39 is 0 Å². The average molecular weight is 245 g/mol. The zero-order valence-corrected chi connectivity index (χ0v) is 10.6. The van der Waals surface area contributed by atoms with Gasteiger partial charge in [0.25, 0.3) is 0 Å². The van der Waals surface area contributed by atoms with E-state index in [1.165, 1.54) is 0 Å². The Morgan fingerprint density at radius 2 is 2.24 bits per heavy atom. The molecule has 3 heteroatoms. The van der Waals surface area contributed by atoms with Crippen LogP contribution in [0, 0.1) is 11.3 Å². The Hall–Kier alpha value is -1.85. The van der Waals surface area contributed by atoms with Crippen molar-refractivity contribution in [2.75, 3.05) is 0 Å². The van der Waals surface area contributed by atoms with Crippen molar-refractivity contribution in [3.63, 3.8) is 0 Å². The molecule has 0 fully saturated rings. The average Bonchev–Trinajstić information content (AvgIpc) is 2.30. The van der Waals surface area contributed by atoms with Gasteiger partial charge < -0.3 is 0 Å². The largest absolute Gasteiger partial charge is 0.247 e. The van der Waals surface area contributed by atoms with Crippen LogP contribution in [0.15, 0.2) is 47.5 Å². The van der Waals surface area contributed by atoms with Gasteiger partial charge in [0.15, 0.2) is 0 Å². The molecule has 0 N–H and O–H groups in total. The molecule has 1 aromatic rings. The van der Waals surface area contributed by atoms with Crippen molar-refractivity contribution in [3.05, 3.63) is 53.1 Å². The fraction of sp³-hybridized carbons (Fsp3) is 0.143. The summed E-state index contributed by atoms with van der Waals surface area (Å²) in [6, 6.07) is 7.06. The lowest BCUT2D eigenvalue weighted by Crippen LogP contribution is -1.93. The number of rotatable bonds is 3. The molecule has 1 aromatic carbocycles. The first-order valence-electron chi connectivity index (χ1n) is 5.15. The summed E-state index contributed by atoms with van der Waals surface area (Å²) >= 11 is 6.05. The van der Waals surface area contributed by atoms with E-state index in [2.05, 4.69) is 11.6 Å². The number of aliphatic imine (C=N–C) groups is 1. The standard InChI is InChI=1S/C14H13ClN2/c1-4-5-13(10(2)3)17-14-7-6-11(9-16)8-12(14)15/h4-8H,2H2,1,3H3/b5-4-,17-13?. The zero-order chi connectivity index (χ0) is 12.8. The molecule has 0 aromatic heterocycles. The number of hydrogen-bond donors (Lipinski definition) is 0. The topological polar surface area (TPSA) is 36.1 Å². The third-order valence-corrected chi connectivity index (χ3v) is 2.38. The zero-order valence-electron chi connectivity index (χ0n) is 9.87. The maximum Gasteiger partial charge on any atom is 0.0992 e. The lowest BCUT2D eigenvalue weighted by atomic mass is 10.2. The van der Waals surface area contributed by atoms with Gasteiger partial charge in [0.1, 0.15) is 0 Å². The molecule has 0 atom stereocenters. The van der Waals surface area contributed by atoms with E-state index in [0.717, 1.165) is 11.3 Å². The Bertz CT molecular complexity index is 534. The van der Waals surface area contributed by atoms with Crippen LogP contribution in [0.5, 0.6) is 0 Å². The lowest BCUT2D eigenvalue weighted by molar-refractivity contribution is 1.45. The summed E-state index contributed by atoms with van der Waals surface area (Å²) in [4.78, 5) is 4.41. The van der Waals surface area contributed by atoms with Crippen molar-refractivity contribution in [3.8, 4) is 6.07 Å². The van der Waals surface area contributed by atoms with Crippen LogP contribution in [0.4, 0.5) is 5.69 Å². The normalized spacial score (nSPS) is 11.5. The number of benzene rings is 1. The third-order valence-electron chi connectivity index (χ3n) is 2.08. The van der Waals surface area contributed by atoms with Gasteiger partial charge in [-0.1, -0.05) is 24.3 Å². The van der Waals surface area contributed by atoms with E-state index in [1.54, 1.807) is 18.2 Å². The number of nitriles is 1. The van der Waals surface area contributed by atoms with Gasteiger partial charge in [-0.2, -0.15) is 5.26 Å². The SMILES string of the molecule is C=C(C)C(/C=C\C)=Nc1ccc(C#N)cc1Cl. The maximum atomic E-state index is 8.74. The summed E-state index contributed by atoms with van der Waals surface area (Å²) in [7, 11) is 0. The van der Waals surface area contributed by atoms with Crippen molar-refractivity contribution in [1.82, 2.24) is 0 Å². The van der Waals surface area contributed by atoms with E-state index in [4.69, 9.17) is 16.9 Å². The highest BCUT2D eigenvalue weighted by Crippen LogP contribution is 2.26. The summed E-state index contributed by atoms with van der Waals surface area (Å²) in [5.41, 5.74) is 2.81. The molecule has 0 spiro atoms. The van der Waals surface area contributed by atoms with Gasteiger partial charge in [0, 0.05) is 0 Å². The Kier molecular flexibility index (Phi) is 4.68. The molecule has 0 radical (unpaired) electrons. The summed E-state index contributed by atoms with van der Waals surface area (Å²) in [6.07, 6.45) is 3.77. The van der Waals surface area contributed by atoms with Gasteiger partial charge in [-0.15, -0.1) is 0 Å². The Balaban J connectivity index is 3.21. The lowest BCUT2D eigenvalue weighted by Gasteiger charge is -2.02. The highest BCUT2D eigenvalue weighted by Gasteiger charge is 2.02. The van der Waals surface area contributed by atoms with Gasteiger partial charge in [0.2, 0.25) is 0 Å². The van der Waals surface area contributed by atoms with E-state index in [1.807, 2.05) is 32.1 Å². The summed E-state index contributed by atoms with van der Waals surface area (Å²) in [5, 5.41) is 9.20. The van der Waals surface area contributed by atoms with Crippen LogP contribution in [-0.2, 0) is 0 Å². The number of hydrogen-bond acceptors (Lipinski definition) is 2. The van der Waals surface area contributed by atoms with Crippen LogP contribution in [0.3, 0.4) is 0 Å². The first-order valence-corrected chi connectivity index (χ1v) is 5.53. The Morgan fingerprint density at radius 3 is 2.71 bits per heavy atom. The highest BCUT2D eigenvalue weighted by atomic mass is 35.5. The predicted octanol–water partition coefficient (Wildman–Crippen LogP) is 4.44. The van der Waals surface area contributed by atoms with E-state index >= 15 is 0 Å². The van der Waals surface area contributed by atoms with Crippen LogP contribution in [0.25, 0.3) is 0 Å². The minimum atomic E-state index is 0.465. The van der Waals surface area contributed by atoms with Gasteiger partial charge in [-0.25, -0.2) is 4.99 Å².